The quantitative estimate of drug-likeness (QED) is 0.433. The molecule has 4 aromatic rings. The average molecular weight is 499 g/mol. The Bertz CT molecular complexity index is 1640. The second-order valence-electron chi connectivity index (χ2n) is 8.20. The van der Waals surface area contributed by atoms with Gasteiger partial charge in [0.25, 0.3) is 10.0 Å². The fourth-order valence-corrected chi connectivity index (χ4v) is 6.81. The van der Waals surface area contributed by atoms with Gasteiger partial charge in [0, 0.05) is 17.2 Å². The highest BCUT2D eigenvalue weighted by Gasteiger charge is 2.30. The highest BCUT2D eigenvalue weighted by Crippen LogP contribution is 2.42. The van der Waals surface area contributed by atoms with E-state index >= 15 is 0 Å². The smallest absolute Gasteiger partial charge is 0.268 e. The van der Waals surface area contributed by atoms with E-state index in [1.807, 2.05) is 0 Å². The third kappa shape index (κ3) is 3.50. The lowest BCUT2D eigenvalue weighted by atomic mass is 10.1. The number of nitrogens with two attached hydrogens (primary N) is 1. The molecule has 3 aromatic carbocycles. The first-order chi connectivity index (χ1) is 16.1. The predicted octanol–water partition coefficient (Wildman–Crippen LogP) is 2.83. The van der Waals surface area contributed by atoms with Gasteiger partial charge in [0.2, 0.25) is 0 Å². The van der Waals surface area contributed by atoms with Crippen molar-refractivity contribution >= 4 is 30.8 Å². The molecule has 176 valence electrons. The zero-order chi connectivity index (χ0) is 24.3. The minimum Gasteiger partial charge on any atom is -0.491 e. The molecule has 0 bridgehead atoms. The number of aliphatic hydroxyl groups excluding tert-OH is 1. The van der Waals surface area contributed by atoms with E-state index in [1.165, 1.54) is 34.3 Å². The normalized spacial score (nSPS) is 15.9. The summed E-state index contributed by atoms with van der Waals surface area (Å²) in [6, 6.07) is 17.3. The van der Waals surface area contributed by atoms with E-state index in [2.05, 4.69) is 0 Å². The molecular weight excluding hydrogens is 476 g/mol. The molecule has 3 N–H and O–H groups in total. The summed E-state index contributed by atoms with van der Waals surface area (Å²) in [5.41, 5.74) is 8.25. The van der Waals surface area contributed by atoms with Crippen molar-refractivity contribution < 1.29 is 26.7 Å². The highest BCUT2D eigenvalue weighted by molar-refractivity contribution is 7.90. The van der Waals surface area contributed by atoms with Crippen LogP contribution in [0.5, 0.6) is 5.75 Å². The van der Waals surface area contributed by atoms with Gasteiger partial charge in [0.1, 0.15) is 12.4 Å². The molecule has 2 heterocycles. The van der Waals surface area contributed by atoms with Crippen LogP contribution >= 0.6 is 0 Å². The Hall–Kier alpha value is -3.18. The van der Waals surface area contributed by atoms with E-state index in [0.717, 1.165) is 11.8 Å². The van der Waals surface area contributed by atoms with Crippen molar-refractivity contribution in [3.8, 4) is 17.0 Å². The van der Waals surface area contributed by atoms with Crippen molar-refractivity contribution in [3.05, 3.63) is 77.9 Å². The number of hydrogen-bond acceptors (Lipinski definition) is 7. The number of aromatic nitrogens is 1. The number of aliphatic hydroxyl groups is 1. The van der Waals surface area contributed by atoms with Crippen LogP contribution < -0.4 is 10.5 Å². The number of fused-ring (bicyclic) bond motifs is 3. The first kappa shape index (κ1) is 22.6. The Morgan fingerprint density at radius 2 is 1.76 bits per heavy atom. The van der Waals surface area contributed by atoms with Gasteiger partial charge in [-0.15, -0.1) is 0 Å². The van der Waals surface area contributed by atoms with E-state index in [1.54, 1.807) is 36.4 Å². The van der Waals surface area contributed by atoms with Crippen molar-refractivity contribution in [1.82, 2.24) is 3.97 Å². The van der Waals surface area contributed by atoms with E-state index in [9.17, 15) is 21.9 Å². The maximum absolute atomic E-state index is 13.8. The Balaban J connectivity index is 1.85. The van der Waals surface area contributed by atoms with Gasteiger partial charge in [-0.05, 0) is 47.5 Å². The van der Waals surface area contributed by atoms with Gasteiger partial charge in [0.15, 0.2) is 9.84 Å². The number of sulfone groups is 1. The maximum Gasteiger partial charge on any atom is 0.268 e. The van der Waals surface area contributed by atoms with Gasteiger partial charge < -0.3 is 15.6 Å². The second-order valence-corrected chi connectivity index (χ2v) is 12.0. The molecule has 1 unspecified atom stereocenters. The van der Waals surface area contributed by atoms with Crippen LogP contribution in [0, 0.1) is 0 Å². The van der Waals surface area contributed by atoms with Crippen LogP contribution in [0.15, 0.2) is 76.5 Å². The minimum atomic E-state index is -4.04. The van der Waals surface area contributed by atoms with Crippen LogP contribution in [-0.2, 0) is 26.5 Å². The summed E-state index contributed by atoms with van der Waals surface area (Å²) in [5, 5.41) is 10.4. The van der Waals surface area contributed by atoms with Crippen LogP contribution in [0.1, 0.15) is 17.2 Å². The Labute approximate surface area is 197 Å². The van der Waals surface area contributed by atoms with Gasteiger partial charge in [-0.25, -0.2) is 20.8 Å². The zero-order valence-electron chi connectivity index (χ0n) is 18.2. The SMILES string of the molecule is CS(=O)(=O)c1ccc(-c2cc3c4c(ccc3n2S(=O)(=O)c2ccccc2)C(N)CO4)cc1CO. The maximum atomic E-state index is 13.8. The Morgan fingerprint density at radius 3 is 2.44 bits per heavy atom. The monoisotopic (exact) mass is 498 g/mol. The van der Waals surface area contributed by atoms with Crippen LogP contribution in [0.3, 0.4) is 0 Å². The molecule has 5 rings (SSSR count). The fourth-order valence-electron chi connectivity index (χ4n) is 4.35. The number of hydrogen-bond donors (Lipinski definition) is 2. The first-order valence-electron chi connectivity index (χ1n) is 10.4. The Morgan fingerprint density at radius 1 is 1.03 bits per heavy atom. The summed E-state index contributed by atoms with van der Waals surface area (Å²) in [5.74, 6) is 0.531. The van der Waals surface area contributed by atoms with Crippen LogP contribution in [0.4, 0.5) is 0 Å². The molecule has 10 heteroatoms. The van der Waals surface area contributed by atoms with Gasteiger partial charge in [-0.1, -0.05) is 30.3 Å². The topological polar surface area (TPSA) is 129 Å². The van der Waals surface area contributed by atoms with Gasteiger partial charge in [-0.2, -0.15) is 0 Å². The van der Waals surface area contributed by atoms with Crippen molar-refractivity contribution in [2.75, 3.05) is 12.9 Å². The first-order valence-corrected chi connectivity index (χ1v) is 13.8. The Kier molecular flexibility index (Phi) is 5.28. The minimum absolute atomic E-state index is 0.0115. The van der Waals surface area contributed by atoms with E-state index < -0.39 is 26.5 Å². The molecule has 0 aliphatic carbocycles. The van der Waals surface area contributed by atoms with Gasteiger partial charge in [-0.3, -0.25) is 0 Å². The molecule has 34 heavy (non-hydrogen) atoms. The lowest BCUT2D eigenvalue weighted by molar-refractivity contribution is 0.278. The standard InChI is InChI=1S/C24H22N2O6S2/c1-33(28,29)23-10-7-15(11-16(23)13-27)22-12-19-21(9-8-18-20(25)14-32-24(18)19)26(22)34(30,31)17-5-3-2-4-6-17/h2-12,20,27H,13-14,25H2,1H3. The van der Waals surface area contributed by atoms with Crippen molar-refractivity contribution in [3.63, 3.8) is 0 Å². The average Bonchev–Trinajstić information content (AvgIpc) is 3.39. The lowest BCUT2D eigenvalue weighted by Gasteiger charge is -2.14. The van der Waals surface area contributed by atoms with E-state index in [-0.39, 0.29) is 28.0 Å². The number of ether oxygens (including phenoxy) is 1. The molecule has 0 spiro atoms. The summed E-state index contributed by atoms with van der Waals surface area (Å²) in [7, 11) is -7.62. The third-order valence-corrected chi connectivity index (χ3v) is 8.88. The van der Waals surface area contributed by atoms with Gasteiger partial charge >= 0.3 is 0 Å². The molecule has 8 nitrogen and oxygen atoms in total. The summed E-state index contributed by atoms with van der Waals surface area (Å²) >= 11 is 0. The summed E-state index contributed by atoms with van der Waals surface area (Å²) in [6.07, 6.45) is 1.06. The molecule has 0 radical (unpaired) electrons. The second kappa shape index (κ2) is 7.95. The number of benzene rings is 3. The summed E-state index contributed by atoms with van der Waals surface area (Å²) < 4.78 is 58.9. The predicted molar refractivity (Wildman–Crippen MR) is 128 cm³/mol. The van der Waals surface area contributed by atoms with Crippen molar-refractivity contribution in [2.45, 2.75) is 22.4 Å². The fraction of sp³-hybridized carbons (Fsp3) is 0.167. The molecule has 0 amide bonds. The largest absolute Gasteiger partial charge is 0.491 e. The molecule has 0 saturated heterocycles. The molecule has 1 aliphatic heterocycles. The van der Waals surface area contributed by atoms with Crippen LogP contribution in [0.2, 0.25) is 0 Å². The van der Waals surface area contributed by atoms with E-state index in [0.29, 0.717) is 27.9 Å². The van der Waals surface area contributed by atoms with Crippen LogP contribution in [-0.4, -0.2) is 38.8 Å². The highest BCUT2D eigenvalue weighted by atomic mass is 32.2. The zero-order valence-corrected chi connectivity index (χ0v) is 19.8. The van der Waals surface area contributed by atoms with Crippen molar-refractivity contribution in [1.29, 1.82) is 0 Å². The molecule has 0 fully saturated rings. The van der Waals surface area contributed by atoms with Crippen molar-refractivity contribution in [2.24, 2.45) is 5.73 Å². The van der Waals surface area contributed by atoms with Crippen LogP contribution in [0.25, 0.3) is 22.2 Å². The summed E-state index contributed by atoms with van der Waals surface area (Å²) in [6.45, 7) is -0.229. The van der Waals surface area contributed by atoms with Gasteiger partial charge in [0.05, 0.1) is 33.7 Å². The molecule has 0 saturated carbocycles. The van der Waals surface area contributed by atoms with E-state index in [4.69, 9.17) is 10.5 Å². The number of nitrogens with zero attached hydrogens (tertiary/aromatic N) is 1. The third-order valence-electron chi connectivity index (χ3n) is 5.94. The lowest BCUT2D eigenvalue weighted by Crippen LogP contribution is -2.14. The number of rotatable bonds is 5. The summed E-state index contributed by atoms with van der Waals surface area (Å²) in [4.78, 5) is 0.0875. The molecular formula is C24H22N2O6S2. The molecule has 1 atom stereocenters. The molecule has 1 aliphatic rings. The molecule has 1 aromatic heterocycles.